The fourth-order valence-corrected chi connectivity index (χ4v) is 8.19. The van der Waals surface area contributed by atoms with Gasteiger partial charge in [0.25, 0.3) is 0 Å². The summed E-state index contributed by atoms with van der Waals surface area (Å²) >= 11 is 19.7. The van der Waals surface area contributed by atoms with E-state index in [1.54, 1.807) is 14.2 Å². The molecule has 0 aromatic heterocycles. The lowest BCUT2D eigenvalue weighted by Crippen LogP contribution is -2.51. The number of ether oxygens (including phenoxy) is 2. The number of halogens is 3. The minimum absolute atomic E-state index is 0.670. The van der Waals surface area contributed by atoms with Crippen LogP contribution in [0.1, 0.15) is 11.1 Å². The molecule has 6 heteroatoms. The predicted molar refractivity (Wildman–Crippen MR) is 106 cm³/mol. The molecule has 0 aliphatic rings. The van der Waals surface area contributed by atoms with Gasteiger partial charge in [0.1, 0.15) is 11.5 Å². The van der Waals surface area contributed by atoms with Crippen molar-refractivity contribution in [2.45, 2.75) is 21.9 Å². The molecule has 0 fully saturated rings. The average molecular weight is 404 g/mol. The summed E-state index contributed by atoms with van der Waals surface area (Å²) in [5.74, 6) is 1.55. The van der Waals surface area contributed by atoms with Crippen molar-refractivity contribution in [3.05, 3.63) is 59.7 Å². The zero-order valence-corrected chi connectivity index (χ0v) is 17.6. The van der Waals surface area contributed by atoms with Crippen molar-refractivity contribution >= 4 is 43.6 Å². The standard InChI is InChI=1S/C18H21Cl3O2Si/c1-22-15-9-5-13(6-10-15)17(24(3)4,18(19,20)21)14-7-11-16(23-2)12-8-14/h5-12,24H,1-4H3. The zero-order valence-electron chi connectivity index (χ0n) is 14.1. The number of rotatable bonds is 5. The molecule has 0 aliphatic heterocycles. The van der Waals surface area contributed by atoms with Gasteiger partial charge in [0.05, 0.1) is 28.1 Å². The van der Waals surface area contributed by atoms with Crippen molar-refractivity contribution in [3.8, 4) is 11.5 Å². The molecular weight excluding hydrogens is 383 g/mol. The molecule has 2 rings (SSSR count). The Morgan fingerprint density at radius 3 is 1.25 bits per heavy atom. The van der Waals surface area contributed by atoms with Crippen LogP contribution in [0.4, 0.5) is 0 Å². The third-order valence-electron chi connectivity index (χ3n) is 4.40. The Morgan fingerprint density at radius 1 is 0.708 bits per heavy atom. The van der Waals surface area contributed by atoms with Crippen LogP contribution >= 0.6 is 34.8 Å². The summed E-state index contributed by atoms with van der Waals surface area (Å²) in [4.78, 5) is 0. The van der Waals surface area contributed by atoms with Crippen LogP contribution in [0.25, 0.3) is 0 Å². The summed E-state index contributed by atoms with van der Waals surface area (Å²) in [5, 5.41) is -0.670. The average Bonchev–Trinajstić information content (AvgIpc) is 2.55. The number of alkyl halides is 3. The van der Waals surface area contributed by atoms with Gasteiger partial charge < -0.3 is 9.47 Å². The van der Waals surface area contributed by atoms with E-state index in [1.165, 1.54) is 0 Å². The Kier molecular flexibility index (Phi) is 6.13. The van der Waals surface area contributed by atoms with Crippen LogP contribution in [0.2, 0.25) is 13.1 Å². The largest absolute Gasteiger partial charge is 0.497 e. The van der Waals surface area contributed by atoms with E-state index in [4.69, 9.17) is 44.3 Å². The molecule has 0 saturated heterocycles. The zero-order chi connectivity index (χ0) is 18.0. The highest BCUT2D eigenvalue weighted by Crippen LogP contribution is 2.53. The van der Waals surface area contributed by atoms with Gasteiger partial charge in [0, 0.05) is 0 Å². The van der Waals surface area contributed by atoms with E-state index in [-0.39, 0.29) is 0 Å². The van der Waals surface area contributed by atoms with Crippen molar-refractivity contribution in [1.82, 2.24) is 0 Å². The minimum Gasteiger partial charge on any atom is -0.497 e. The first kappa shape index (κ1) is 19.5. The van der Waals surface area contributed by atoms with Gasteiger partial charge in [-0.05, 0) is 35.4 Å². The van der Waals surface area contributed by atoms with Gasteiger partial charge in [-0.25, -0.2) is 0 Å². The highest BCUT2D eigenvalue weighted by atomic mass is 35.6. The molecule has 2 aromatic carbocycles. The van der Waals surface area contributed by atoms with Gasteiger partial charge in [0.2, 0.25) is 3.79 Å². The molecular formula is C18H21Cl3O2Si. The van der Waals surface area contributed by atoms with Crippen molar-refractivity contribution in [2.24, 2.45) is 0 Å². The third kappa shape index (κ3) is 3.41. The Balaban J connectivity index is 2.71. The second kappa shape index (κ2) is 7.57. The van der Waals surface area contributed by atoms with Crippen LogP contribution in [0.15, 0.2) is 48.5 Å². The molecule has 0 heterocycles. The van der Waals surface area contributed by atoms with E-state index in [0.717, 1.165) is 22.6 Å². The monoisotopic (exact) mass is 402 g/mol. The van der Waals surface area contributed by atoms with Gasteiger partial charge in [-0.2, -0.15) is 0 Å². The van der Waals surface area contributed by atoms with Crippen molar-refractivity contribution in [1.29, 1.82) is 0 Å². The van der Waals surface area contributed by atoms with Crippen molar-refractivity contribution in [3.63, 3.8) is 0 Å². The van der Waals surface area contributed by atoms with Gasteiger partial charge >= 0.3 is 0 Å². The smallest absolute Gasteiger partial charge is 0.201 e. The summed E-state index contributed by atoms with van der Waals surface area (Å²) in [6.07, 6.45) is 0. The lowest BCUT2D eigenvalue weighted by molar-refractivity contribution is 0.414. The first-order chi connectivity index (χ1) is 11.3. The summed E-state index contributed by atoms with van der Waals surface area (Å²) in [6.45, 7) is 4.38. The van der Waals surface area contributed by atoms with Crippen LogP contribution in [0, 0.1) is 0 Å². The molecule has 0 unspecified atom stereocenters. The Morgan fingerprint density at radius 2 is 1.04 bits per heavy atom. The van der Waals surface area contributed by atoms with Crippen LogP contribution in [0.5, 0.6) is 11.5 Å². The molecule has 0 bridgehead atoms. The van der Waals surface area contributed by atoms with Gasteiger partial charge in [-0.1, -0.05) is 72.2 Å². The SMILES string of the molecule is COc1ccc(C(c2ccc(OC)cc2)([SiH](C)C)C(Cl)(Cl)Cl)cc1. The number of methoxy groups -OCH3 is 2. The summed E-state index contributed by atoms with van der Waals surface area (Å²) < 4.78 is 9.04. The molecule has 0 saturated carbocycles. The van der Waals surface area contributed by atoms with E-state index >= 15 is 0 Å². The first-order valence-corrected chi connectivity index (χ1v) is 11.6. The summed E-state index contributed by atoms with van der Waals surface area (Å²) in [5.41, 5.74) is 1.96. The minimum atomic E-state index is -1.53. The van der Waals surface area contributed by atoms with Crippen LogP contribution in [-0.4, -0.2) is 26.8 Å². The number of hydrogen-bond donors (Lipinski definition) is 0. The lowest BCUT2D eigenvalue weighted by atomic mass is 9.90. The van der Waals surface area contributed by atoms with Crippen LogP contribution in [0.3, 0.4) is 0 Å². The van der Waals surface area contributed by atoms with Crippen molar-refractivity contribution in [2.75, 3.05) is 14.2 Å². The number of hydrogen-bond acceptors (Lipinski definition) is 2. The lowest BCUT2D eigenvalue weighted by Gasteiger charge is -2.44. The van der Waals surface area contributed by atoms with E-state index in [9.17, 15) is 0 Å². The highest BCUT2D eigenvalue weighted by Gasteiger charge is 2.53. The highest BCUT2D eigenvalue weighted by molar-refractivity contribution is 6.76. The second-order valence-corrected chi connectivity index (χ2v) is 11.4. The molecule has 130 valence electrons. The molecule has 2 aromatic rings. The second-order valence-electron chi connectivity index (χ2n) is 5.92. The predicted octanol–water partition coefficient (Wildman–Crippen LogP) is 5.39. The maximum atomic E-state index is 6.57. The van der Waals surface area contributed by atoms with E-state index in [1.807, 2.05) is 48.5 Å². The molecule has 0 atom stereocenters. The number of benzene rings is 2. The topological polar surface area (TPSA) is 18.5 Å². The third-order valence-corrected chi connectivity index (χ3v) is 8.68. The van der Waals surface area contributed by atoms with Gasteiger partial charge in [-0.15, -0.1) is 0 Å². The molecule has 24 heavy (non-hydrogen) atoms. The van der Waals surface area contributed by atoms with E-state index < -0.39 is 17.6 Å². The Bertz CT molecular complexity index is 617. The Hall–Kier alpha value is -0.873. The van der Waals surface area contributed by atoms with Crippen molar-refractivity contribution < 1.29 is 9.47 Å². The molecule has 0 aliphatic carbocycles. The maximum absolute atomic E-state index is 6.57. The fraction of sp³-hybridized carbons (Fsp3) is 0.333. The summed E-state index contributed by atoms with van der Waals surface area (Å²) in [6, 6.07) is 15.6. The Labute approximate surface area is 160 Å². The van der Waals surface area contributed by atoms with Crippen LogP contribution in [-0.2, 0) is 5.04 Å². The normalized spacial score (nSPS) is 12.3. The van der Waals surface area contributed by atoms with Crippen LogP contribution < -0.4 is 9.47 Å². The van der Waals surface area contributed by atoms with E-state index in [2.05, 4.69) is 13.1 Å². The molecule has 0 radical (unpaired) electrons. The quantitative estimate of drug-likeness (QED) is 0.492. The van der Waals surface area contributed by atoms with E-state index in [0.29, 0.717) is 0 Å². The summed E-state index contributed by atoms with van der Waals surface area (Å²) in [7, 11) is 1.75. The first-order valence-electron chi connectivity index (χ1n) is 7.63. The maximum Gasteiger partial charge on any atom is 0.201 e. The fourth-order valence-electron chi connectivity index (χ4n) is 3.20. The molecule has 2 nitrogen and oxygen atoms in total. The molecule has 0 N–H and O–H groups in total. The van der Waals surface area contributed by atoms with Gasteiger partial charge in [0.15, 0.2) is 0 Å². The van der Waals surface area contributed by atoms with Gasteiger partial charge in [-0.3, -0.25) is 0 Å². The molecule has 0 spiro atoms. The molecule has 0 amide bonds.